The van der Waals surface area contributed by atoms with E-state index in [0.717, 1.165) is 5.56 Å². The van der Waals surface area contributed by atoms with Crippen LogP contribution in [0.3, 0.4) is 0 Å². The van der Waals surface area contributed by atoms with Crippen LogP contribution in [-0.2, 0) is 32.0 Å². The molecule has 0 aliphatic carbocycles. The van der Waals surface area contributed by atoms with Crippen molar-refractivity contribution in [1.82, 2.24) is 25.9 Å². The third-order valence-electron chi connectivity index (χ3n) is 5.45. The van der Waals surface area contributed by atoms with Gasteiger partial charge in [0.15, 0.2) is 0 Å². The Balaban J connectivity index is 2.13. The van der Waals surface area contributed by atoms with E-state index in [1.54, 1.807) is 30.5 Å². The number of imidazole rings is 1. The fourth-order valence-electron chi connectivity index (χ4n) is 3.29. The molecule has 2 rings (SSSR count). The third kappa shape index (κ3) is 8.32. The lowest BCUT2D eigenvalue weighted by molar-refractivity contribution is -0.138. The van der Waals surface area contributed by atoms with E-state index in [-0.39, 0.29) is 18.8 Å². The molecule has 0 bridgehead atoms. The van der Waals surface area contributed by atoms with Crippen LogP contribution in [0, 0.1) is 5.92 Å². The quantitative estimate of drug-likeness (QED) is 0.232. The average Bonchev–Trinajstić information content (AvgIpc) is 3.33. The Bertz CT molecular complexity index is 950. The highest BCUT2D eigenvalue weighted by Gasteiger charge is 2.31. The van der Waals surface area contributed by atoms with Gasteiger partial charge in [-0.05, 0) is 11.5 Å². The zero-order valence-corrected chi connectivity index (χ0v) is 19.3. The highest BCUT2D eigenvalue weighted by atomic mass is 16.4. The maximum Gasteiger partial charge on any atom is 0.322 e. The molecule has 2 aromatic rings. The molecule has 0 saturated heterocycles. The zero-order valence-electron chi connectivity index (χ0n) is 19.3. The predicted octanol–water partition coefficient (Wildman–Crippen LogP) is -0.261. The van der Waals surface area contributed by atoms with Crippen LogP contribution in [0.15, 0.2) is 42.9 Å². The van der Waals surface area contributed by atoms with Crippen molar-refractivity contribution < 1.29 is 24.3 Å². The van der Waals surface area contributed by atoms with E-state index in [1.165, 1.54) is 6.33 Å². The van der Waals surface area contributed by atoms with E-state index in [9.17, 15) is 19.2 Å². The van der Waals surface area contributed by atoms with E-state index in [2.05, 4.69) is 25.9 Å². The van der Waals surface area contributed by atoms with Crippen LogP contribution >= 0.6 is 0 Å². The summed E-state index contributed by atoms with van der Waals surface area (Å²) < 4.78 is 0. The van der Waals surface area contributed by atoms with Gasteiger partial charge in [-0.15, -0.1) is 0 Å². The number of rotatable bonds is 13. The summed E-state index contributed by atoms with van der Waals surface area (Å²) in [7, 11) is 0. The minimum atomic E-state index is -1.20. The third-order valence-corrected chi connectivity index (χ3v) is 5.45. The summed E-state index contributed by atoms with van der Waals surface area (Å²) in [4.78, 5) is 56.2. The first kappa shape index (κ1) is 26.5. The number of nitrogens with two attached hydrogens (primary N) is 1. The largest absolute Gasteiger partial charge is 0.480 e. The smallest absolute Gasteiger partial charge is 0.322 e. The van der Waals surface area contributed by atoms with Gasteiger partial charge in [0.1, 0.15) is 18.6 Å². The van der Waals surface area contributed by atoms with Crippen LogP contribution in [0.5, 0.6) is 0 Å². The Morgan fingerprint density at radius 3 is 2.35 bits per heavy atom. The summed E-state index contributed by atoms with van der Waals surface area (Å²) in [6.45, 7) is 3.11. The van der Waals surface area contributed by atoms with Crippen LogP contribution in [0.4, 0.5) is 0 Å². The van der Waals surface area contributed by atoms with Crippen molar-refractivity contribution in [3.8, 4) is 0 Å². The van der Waals surface area contributed by atoms with Crippen LogP contribution < -0.4 is 21.7 Å². The molecule has 4 atom stereocenters. The summed E-state index contributed by atoms with van der Waals surface area (Å²) in [5, 5.41) is 16.6. The first-order valence-corrected chi connectivity index (χ1v) is 11.1. The number of carbonyl (C=O) groups is 4. The first-order chi connectivity index (χ1) is 16.2. The number of hydrogen-bond acceptors (Lipinski definition) is 6. The van der Waals surface area contributed by atoms with Crippen molar-refractivity contribution in [2.75, 3.05) is 6.54 Å². The fourth-order valence-corrected chi connectivity index (χ4v) is 3.29. The Kier molecular flexibility index (Phi) is 10.2. The second kappa shape index (κ2) is 13.1. The van der Waals surface area contributed by atoms with E-state index in [0.29, 0.717) is 12.1 Å². The molecular formula is C23H32N6O5. The molecular weight excluding hydrogens is 440 g/mol. The zero-order chi connectivity index (χ0) is 25.1. The molecule has 11 nitrogen and oxygen atoms in total. The first-order valence-electron chi connectivity index (χ1n) is 11.1. The van der Waals surface area contributed by atoms with Gasteiger partial charge in [-0.2, -0.15) is 0 Å². The normalized spacial score (nSPS) is 14.3. The monoisotopic (exact) mass is 472 g/mol. The van der Waals surface area contributed by atoms with Gasteiger partial charge >= 0.3 is 5.97 Å². The predicted molar refractivity (Wildman–Crippen MR) is 124 cm³/mol. The number of aliphatic carboxylic acids is 1. The molecule has 11 heteroatoms. The van der Waals surface area contributed by atoms with Gasteiger partial charge in [-0.25, -0.2) is 4.98 Å². The second-order valence-electron chi connectivity index (χ2n) is 8.12. The maximum absolute atomic E-state index is 13.2. The number of amides is 3. The molecule has 0 aliphatic rings. The van der Waals surface area contributed by atoms with Crippen molar-refractivity contribution in [2.24, 2.45) is 11.7 Å². The number of benzene rings is 1. The van der Waals surface area contributed by atoms with E-state index >= 15 is 0 Å². The number of nitrogens with one attached hydrogen (secondary N) is 4. The standard InChI is InChI=1S/C23H32N6O5/c1-3-14(2)20(29-21(32)17(24)10-16-11-25-13-27-16)23(34)28-18(22(33)26-12-19(30)31)9-15-7-5-4-6-8-15/h4-8,11,13-14,17-18,20H,3,9-10,12,24H2,1-2H3,(H,25,27)(H,26,33)(H,28,34)(H,29,32)(H,30,31). The molecule has 7 N–H and O–H groups in total. The van der Waals surface area contributed by atoms with Crippen LogP contribution in [0.2, 0.25) is 0 Å². The maximum atomic E-state index is 13.2. The number of aromatic nitrogens is 2. The van der Waals surface area contributed by atoms with Crippen molar-refractivity contribution in [1.29, 1.82) is 0 Å². The molecule has 0 fully saturated rings. The summed E-state index contributed by atoms with van der Waals surface area (Å²) >= 11 is 0. The molecule has 1 aromatic carbocycles. The lowest BCUT2D eigenvalue weighted by Crippen LogP contribution is -2.58. The lowest BCUT2D eigenvalue weighted by atomic mass is 9.96. The molecule has 0 radical (unpaired) electrons. The van der Waals surface area contributed by atoms with Crippen molar-refractivity contribution in [3.05, 3.63) is 54.1 Å². The van der Waals surface area contributed by atoms with Gasteiger partial charge in [-0.1, -0.05) is 50.6 Å². The van der Waals surface area contributed by atoms with Crippen LogP contribution in [0.1, 0.15) is 31.5 Å². The van der Waals surface area contributed by atoms with E-state index in [4.69, 9.17) is 10.8 Å². The van der Waals surface area contributed by atoms with Gasteiger partial charge in [0.2, 0.25) is 17.7 Å². The number of nitrogens with zero attached hydrogens (tertiary/aromatic N) is 1. The highest BCUT2D eigenvalue weighted by Crippen LogP contribution is 2.11. The summed E-state index contributed by atoms with van der Waals surface area (Å²) in [6, 6.07) is 6.14. The Hall–Kier alpha value is -3.73. The van der Waals surface area contributed by atoms with Crippen molar-refractivity contribution >= 4 is 23.7 Å². The number of H-pyrrole nitrogens is 1. The van der Waals surface area contributed by atoms with Crippen LogP contribution in [0.25, 0.3) is 0 Å². The SMILES string of the molecule is CCC(C)C(NC(=O)C(N)Cc1cnc[nH]1)C(=O)NC(Cc1ccccc1)C(=O)NCC(=O)O. The molecule has 184 valence electrons. The van der Waals surface area contributed by atoms with Crippen molar-refractivity contribution in [3.63, 3.8) is 0 Å². The van der Waals surface area contributed by atoms with Gasteiger partial charge in [0, 0.05) is 24.7 Å². The Morgan fingerprint density at radius 1 is 1.06 bits per heavy atom. The Morgan fingerprint density at radius 2 is 1.76 bits per heavy atom. The number of carbonyl (C=O) groups excluding carboxylic acids is 3. The lowest BCUT2D eigenvalue weighted by Gasteiger charge is -2.27. The molecule has 0 aliphatic heterocycles. The molecule has 1 heterocycles. The Labute approximate surface area is 197 Å². The van der Waals surface area contributed by atoms with E-state index in [1.807, 2.05) is 19.9 Å². The highest BCUT2D eigenvalue weighted by molar-refractivity contribution is 5.94. The fraction of sp³-hybridized carbons (Fsp3) is 0.435. The molecule has 0 saturated carbocycles. The van der Waals surface area contributed by atoms with Crippen molar-refractivity contribution in [2.45, 2.75) is 51.2 Å². The minimum Gasteiger partial charge on any atom is -0.480 e. The molecule has 34 heavy (non-hydrogen) atoms. The molecule has 3 amide bonds. The van der Waals surface area contributed by atoms with Gasteiger partial charge in [-0.3, -0.25) is 19.2 Å². The summed E-state index contributed by atoms with van der Waals surface area (Å²) in [6.07, 6.45) is 4.00. The number of hydrogen-bond donors (Lipinski definition) is 6. The number of aromatic amines is 1. The average molecular weight is 473 g/mol. The second-order valence-corrected chi connectivity index (χ2v) is 8.12. The van der Waals surface area contributed by atoms with Gasteiger partial charge in [0.05, 0.1) is 12.4 Å². The molecule has 1 aromatic heterocycles. The molecule has 4 unspecified atom stereocenters. The summed E-state index contributed by atoms with van der Waals surface area (Å²) in [5.74, 6) is -3.14. The topological polar surface area (TPSA) is 179 Å². The van der Waals surface area contributed by atoms with Gasteiger partial charge < -0.3 is 31.8 Å². The molecule has 0 spiro atoms. The van der Waals surface area contributed by atoms with E-state index < -0.39 is 48.4 Å². The number of carboxylic acids is 1. The minimum absolute atomic E-state index is 0.151. The van der Waals surface area contributed by atoms with Crippen LogP contribution in [-0.4, -0.2) is 63.4 Å². The van der Waals surface area contributed by atoms with Gasteiger partial charge in [0.25, 0.3) is 0 Å². The number of carboxylic acid groups (broad SMARTS) is 1. The summed E-state index contributed by atoms with van der Waals surface area (Å²) in [5.41, 5.74) is 7.47.